The van der Waals surface area contributed by atoms with Gasteiger partial charge in [0.05, 0.1) is 15.5 Å². The molecule has 2 aromatic rings. The Balaban J connectivity index is 0.00000392. The van der Waals surface area contributed by atoms with E-state index < -0.39 is 34.4 Å². The molecule has 0 saturated heterocycles. The molecule has 0 atom stereocenters. The highest BCUT2D eigenvalue weighted by molar-refractivity contribution is 7.90. The van der Waals surface area contributed by atoms with Crippen LogP contribution in [-0.4, -0.2) is 31.9 Å². The molecule has 1 aromatic heterocycles. The molecule has 28 heavy (non-hydrogen) atoms. The molecule has 1 heterocycles. The van der Waals surface area contributed by atoms with Gasteiger partial charge in [-0.15, -0.1) is 25.6 Å². The summed E-state index contributed by atoms with van der Waals surface area (Å²) in [7, 11) is -3.77. The molecule has 0 saturated carbocycles. The first-order chi connectivity index (χ1) is 12.4. The number of rotatable bonds is 5. The summed E-state index contributed by atoms with van der Waals surface area (Å²) >= 11 is 5.75. The third-order valence-corrected chi connectivity index (χ3v) is 4.67. The van der Waals surface area contributed by atoms with Gasteiger partial charge in [-0.3, -0.25) is 10.2 Å². The van der Waals surface area contributed by atoms with Gasteiger partial charge in [0.2, 0.25) is 0 Å². The van der Waals surface area contributed by atoms with Gasteiger partial charge in [-0.25, -0.2) is 8.42 Å². The molecule has 0 aliphatic heterocycles. The molecule has 0 bridgehead atoms. The maximum atomic E-state index is 12.4. The molecular formula is C15H14Cl2F3N3O4S. The first-order valence-electron chi connectivity index (χ1n) is 7.16. The van der Waals surface area contributed by atoms with E-state index in [0.29, 0.717) is 0 Å². The SMILES string of the molecule is CS(=O)(=O)c1ccc(OC(F)(F)F)cc1CNC(=O)c1cc(Cl)c[nH]c1=N.Cl. The van der Waals surface area contributed by atoms with Crippen LogP contribution >= 0.6 is 24.0 Å². The Morgan fingerprint density at radius 3 is 2.54 bits per heavy atom. The fraction of sp³-hybridized carbons (Fsp3) is 0.200. The summed E-state index contributed by atoms with van der Waals surface area (Å²) < 4.78 is 64.6. The van der Waals surface area contributed by atoms with Gasteiger partial charge in [-0.1, -0.05) is 11.6 Å². The molecule has 1 amide bonds. The second-order valence-electron chi connectivity index (χ2n) is 5.38. The van der Waals surface area contributed by atoms with E-state index in [1.165, 1.54) is 12.3 Å². The molecule has 0 radical (unpaired) electrons. The number of aromatic amines is 1. The van der Waals surface area contributed by atoms with Crippen LogP contribution in [0.4, 0.5) is 13.2 Å². The molecule has 0 unspecified atom stereocenters. The van der Waals surface area contributed by atoms with Gasteiger partial charge in [0.25, 0.3) is 5.91 Å². The van der Waals surface area contributed by atoms with Crippen molar-refractivity contribution in [3.8, 4) is 5.75 Å². The number of nitrogens with one attached hydrogen (secondary N) is 3. The average Bonchev–Trinajstić information content (AvgIpc) is 2.52. The van der Waals surface area contributed by atoms with Crippen LogP contribution in [-0.2, 0) is 16.4 Å². The van der Waals surface area contributed by atoms with Crippen LogP contribution < -0.4 is 15.5 Å². The normalized spacial score (nSPS) is 11.5. The summed E-state index contributed by atoms with van der Waals surface area (Å²) in [4.78, 5) is 14.4. The molecule has 2 rings (SSSR count). The number of amides is 1. The van der Waals surface area contributed by atoms with Crippen molar-refractivity contribution in [2.24, 2.45) is 0 Å². The third-order valence-electron chi connectivity index (χ3n) is 3.25. The van der Waals surface area contributed by atoms with Gasteiger partial charge in [0.15, 0.2) is 9.84 Å². The minimum atomic E-state index is -4.95. The van der Waals surface area contributed by atoms with Crippen molar-refractivity contribution < 1.29 is 31.1 Å². The van der Waals surface area contributed by atoms with E-state index in [1.807, 2.05) is 0 Å². The quantitative estimate of drug-likeness (QED) is 0.637. The first kappa shape index (κ1) is 23.8. The van der Waals surface area contributed by atoms with Crippen LogP contribution in [0.5, 0.6) is 5.75 Å². The van der Waals surface area contributed by atoms with E-state index in [4.69, 9.17) is 17.0 Å². The molecular weight excluding hydrogens is 446 g/mol. The lowest BCUT2D eigenvalue weighted by Crippen LogP contribution is -2.29. The van der Waals surface area contributed by atoms with Crippen molar-refractivity contribution in [1.82, 2.24) is 10.3 Å². The average molecular weight is 460 g/mol. The van der Waals surface area contributed by atoms with Crippen LogP contribution in [0.3, 0.4) is 0 Å². The predicted molar refractivity (Wildman–Crippen MR) is 96.3 cm³/mol. The Hall–Kier alpha value is -2.24. The number of alkyl halides is 3. The Morgan fingerprint density at radius 2 is 1.96 bits per heavy atom. The number of ether oxygens (including phenoxy) is 1. The molecule has 13 heteroatoms. The number of halogens is 5. The van der Waals surface area contributed by atoms with Gasteiger partial charge in [-0.2, -0.15) is 0 Å². The zero-order chi connectivity index (χ0) is 20.4. The number of H-pyrrole nitrogens is 1. The van der Waals surface area contributed by atoms with Crippen LogP contribution in [0.15, 0.2) is 35.4 Å². The van der Waals surface area contributed by atoms with E-state index >= 15 is 0 Å². The molecule has 1 aromatic carbocycles. The smallest absolute Gasteiger partial charge is 0.406 e. The number of pyridine rings is 1. The number of carbonyl (C=O) groups is 1. The van der Waals surface area contributed by atoms with Crippen LogP contribution in [0.2, 0.25) is 5.02 Å². The minimum Gasteiger partial charge on any atom is -0.406 e. The Bertz CT molecular complexity index is 1040. The van der Waals surface area contributed by atoms with Crippen LogP contribution in [0.1, 0.15) is 15.9 Å². The van der Waals surface area contributed by atoms with Gasteiger partial charge in [0, 0.05) is 19.0 Å². The zero-order valence-electron chi connectivity index (χ0n) is 14.1. The van der Waals surface area contributed by atoms with Crippen molar-refractivity contribution in [3.63, 3.8) is 0 Å². The lowest BCUT2D eigenvalue weighted by Gasteiger charge is -2.14. The third kappa shape index (κ3) is 6.43. The fourth-order valence-corrected chi connectivity index (χ4v) is 3.26. The van der Waals surface area contributed by atoms with Crippen molar-refractivity contribution in [2.45, 2.75) is 17.8 Å². The number of hydrogen-bond donors (Lipinski definition) is 3. The maximum Gasteiger partial charge on any atom is 0.573 e. The van der Waals surface area contributed by atoms with Crippen molar-refractivity contribution in [1.29, 1.82) is 5.41 Å². The number of aromatic nitrogens is 1. The van der Waals surface area contributed by atoms with E-state index in [0.717, 1.165) is 24.5 Å². The highest BCUT2D eigenvalue weighted by Crippen LogP contribution is 2.27. The molecule has 7 nitrogen and oxygen atoms in total. The fourth-order valence-electron chi connectivity index (χ4n) is 2.17. The minimum absolute atomic E-state index is 0. The van der Waals surface area contributed by atoms with Gasteiger partial charge >= 0.3 is 6.36 Å². The molecule has 0 fully saturated rings. The highest BCUT2D eigenvalue weighted by Gasteiger charge is 2.31. The Morgan fingerprint density at radius 1 is 1.32 bits per heavy atom. The topological polar surface area (TPSA) is 112 Å². The molecule has 0 aliphatic rings. The summed E-state index contributed by atoms with van der Waals surface area (Å²) in [5, 5.41) is 10.1. The summed E-state index contributed by atoms with van der Waals surface area (Å²) in [6.07, 6.45) is -2.78. The molecule has 3 N–H and O–H groups in total. The Kier molecular flexibility index (Phi) is 7.52. The number of sulfone groups is 1. The lowest BCUT2D eigenvalue weighted by molar-refractivity contribution is -0.274. The maximum absolute atomic E-state index is 12.4. The van der Waals surface area contributed by atoms with Crippen molar-refractivity contribution in [2.75, 3.05) is 6.26 Å². The lowest BCUT2D eigenvalue weighted by atomic mass is 10.2. The number of hydrogen-bond acceptors (Lipinski definition) is 5. The number of carbonyl (C=O) groups excluding carboxylic acids is 1. The Labute approximate surface area is 168 Å². The summed E-state index contributed by atoms with van der Waals surface area (Å²) in [5.41, 5.74) is -0.467. The first-order valence-corrected chi connectivity index (χ1v) is 9.43. The molecule has 154 valence electrons. The summed E-state index contributed by atoms with van der Waals surface area (Å²) in [5.74, 6) is -1.39. The van der Waals surface area contributed by atoms with E-state index in [2.05, 4.69) is 15.0 Å². The largest absolute Gasteiger partial charge is 0.573 e. The van der Waals surface area contributed by atoms with Crippen LogP contribution in [0.25, 0.3) is 0 Å². The zero-order valence-corrected chi connectivity index (χ0v) is 16.4. The van der Waals surface area contributed by atoms with Crippen molar-refractivity contribution >= 4 is 39.8 Å². The van der Waals surface area contributed by atoms with Gasteiger partial charge in [0.1, 0.15) is 11.2 Å². The van der Waals surface area contributed by atoms with Crippen molar-refractivity contribution in [3.05, 3.63) is 52.1 Å². The molecule has 0 aliphatic carbocycles. The second-order valence-corrected chi connectivity index (χ2v) is 7.80. The second kappa shape index (κ2) is 8.84. The summed E-state index contributed by atoms with van der Waals surface area (Å²) in [6.45, 7) is -0.414. The van der Waals surface area contributed by atoms with Gasteiger partial charge in [-0.05, 0) is 29.8 Å². The van der Waals surface area contributed by atoms with E-state index in [9.17, 15) is 26.4 Å². The van der Waals surface area contributed by atoms with Gasteiger partial charge < -0.3 is 15.0 Å². The van der Waals surface area contributed by atoms with Crippen LogP contribution in [0, 0.1) is 5.41 Å². The van der Waals surface area contributed by atoms with E-state index in [1.54, 1.807) is 0 Å². The summed E-state index contributed by atoms with van der Waals surface area (Å²) in [6, 6.07) is 3.91. The van der Waals surface area contributed by atoms with E-state index in [-0.39, 0.29) is 38.9 Å². The number of benzene rings is 1. The standard InChI is InChI=1S/C15H13ClF3N3O4S.ClH/c1-27(24,25)12-3-2-10(26-15(17,18)19)4-8(12)6-22-14(23)11-5-9(16)7-21-13(11)20;/h2-5,7H,6H2,1H3,(H2,20,21)(H,22,23);1H. The monoisotopic (exact) mass is 459 g/mol. The predicted octanol–water partition coefficient (Wildman–Crippen LogP) is 2.80. The highest BCUT2D eigenvalue weighted by atomic mass is 35.5. The molecule has 0 spiro atoms.